The fraction of sp³-hybridized carbons (Fsp3) is 0.150. The summed E-state index contributed by atoms with van der Waals surface area (Å²) >= 11 is 6.18. The van der Waals surface area contributed by atoms with E-state index in [9.17, 15) is 9.59 Å². The first-order valence-corrected chi connectivity index (χ1v) is 8.71. The van der Waals surface area contributed by atoms with E-state index in [-0.39, 0.29) is 18.2 Å². The van der Waals surface area contributed by atoms with Crippen LogP contribution < -0.4 is 11.1 Å². The quantitative estimate of drug-likeness (QED) is 0.501. The van der Waals surface area contributed by atoms with Crippen LogP contribution in [0.3, 0.4) is 0 Å². The average molecular weight is 384 g/mol. The lowest BCUT2D eigenvalue weighted by atomic mass is 10.0. The molecule has 0 saturated heterocycles. The highest BCUT2D eigenvalue weighted by Gasteiger charge is 2.18. The van der Waals surface area contributed by atoms with Crippen LogP contribution in [0, 0.1) is 0 Å². The highest BCUT2D eigenvalue weighted by Crippen LogP contribution is 2.22. The van der Waals surface area contributed by atoms with Crippen molar-refractivity contribution in [2.24, 2.45) is 5.73 Å². The number of rotatable bonds is 6. The first kappa shape index (κ1) is 18.7. The third kappa shape index (κ3) is 4.95. The Balaban J connectivity index is 1.67. The Labute approximate surface area is 161 Å². The molecule has 0 aliphatic heterocycles. The molecule has 0 spiro atoms. The molecule has 3 N–H and O–H groups in total. The Morgan fingerprint density at radius 3 is 2.56 bits per heavy atom. The van der Waals surface area contributed by atoms with Crippen molar-refractivity contribution in [3.8, 4) is 0 Å². The molecule has 0 fully saturated rings. The van der Waals surface area contributed by atoms with Crippen LogP contribution in [0.2, 0.25) is 5.15 Å². The molecule has 27 heavy (non-hydrogen) atoms. The minimum atomic E-state index is -0.710. The van der Waals surface area contributed by atoms with Crippen molar-refractivity contribution in [3.05, 3.63) is 76.9 Å². The summed E-state index contributed by atoms with van der Waals surface area (Å²) in [4.78, 5) is 27.8. The number of aromatic nitrogens is 1. The maximum absolute atomic E-state index is 12.3. The Morgan fingerprint density at radius 2 is 1.81 bits per heavy atom. The summed E-state index contributed by atoms with van der Waals surface area (Å²) in [5.41, 5.74) is 7.36. The number of esters is 1. The van der Waals surface area contributed by atoms with Gasteiger partial charge in [-0.25, -0.2) is 9.78 Å². The summed E-state index contributed by atoms with van der Waals surface area (Å²) in [6.07, 6.45) is -0.0500. The molecule has 3 aromatic rings. The van der Waals surface area contributed by atoms with Crippen LogP contribution in [0.1, 0.15) is 23.6 Å². The summed E-state index contributed by atoms with van der Waals surface area (Å²) < 4.78 is 5.34. The highest BCUT2D eigenvalue weighted by atomic mass is 35.5. The van der Waals surface area contributed by atoms with E-state index >= 15 is 0 Å². The van der Waals surface area contributed by atoms with Crippen LogP contribution in [0.25, 0.3) is 10.9 Å². The first-order chi connectivity index (χ1) is 13.0. The number of primary amides is 1. The number of pyridine rings is 1. The highest BCUT2D eigenvalue weighted by molar-refractivity contribution is 6.30. The van der Waals surface area contributed by atoms with Crippen molar-refractivity contribution >= 4 is 34.5 Å². The van der Waals surface area contributed by atoms with Gasteiger partial charge in [-0.05, 0) is 17.7 Å². The zero-order chi connectivity index (χ0) is 19.2. The number of hydrogen-bond donors (Lipinski definition) is 2. The van der Waals surface area contributed by atoms with Gasteiger partial charge in [-0.3, -0.25) is 4.79 Å². The number of carbonyl (C=O) groups is 2. The van der Waals surface area contributed by atoms with Crippen molar-refractivity contribution in [2.75, 3.05) is 0 Å². The maximum atomic E-state index is 12.3. The van der Waals surface area contributed by atoms with E-state index in [1.165, 1.54) is 0 Å². The van der Waals surface area contributed by atoms with Crippen LogP contribution in [0.5, 0.6) is 0 Å². The lowest BCUT2D eigenvalue weighted by molar-refractivity contribution is -0.145. The number of nitrogens with two attached hydrogens (primary N) is 1. The van der Waals surface area contributed by atoms with Gasteiger partial charge < -0.3 is 15.8 Å². The first-order valence-electron chi connectivity index (χ1n) is 8.33. The Morgan fingerprint density at radius 1 is 1.11 bits per heavy atom. The summed E-state index contributed by atoms with van der Waals surface area (Å²) in [6.45, 7) is -0.00637. The number of benzene rings is 2. The Hall–Kier alpha value is -3.12. The zero-order valence-electron chi connectivity index (χ0n) is 14.4. The Bertz CT molecular complexity index is 963. The molecule has 1 heterocycles. The molecule has 138 valence electrons. The largest absolute Gasteiger partial charge is 0.461 e. The summed E-state index contributed by atoms with van der Waals surface area (Å²) in [6, 6.07) is 17.2. The van der Waals surface area contributed by atoms with Crippen molar-refractivity contribution in [2.45, 2.75) is 19.1 Å². The molecule has 0 radical (unpaired) electrons. The minimum absolute atomic E-state index is 0.00637. The lowest BCUT2D eigenvalue weighted by Gasteiger charge is -2.17. The number of fused-ring (bicyclic) bond motifs is 1. The number of ether oxygens (including phenoxy) is 1. The minimum Gasteiger partial charge on any atom is -0.461 e. The van der Waals surface area contributed by atoms with Gasteiger partial charge in [0.1, 0.15) is 11.8 Å². The number of urea groups is 1. The molecule has 0 unspecified atom stereocenters. The summed E-state index contributed by atoms with van der Waals surface area (Å²) in [5, 5.41) is 3.76. The van der Waals surface area contributed by atoms with E-state index < -0.39 is 18.0 Å². The van der Waals surface area contributed by atoms with Gasteiger partial charge in [-0.15, -0.1) is 0 Å². The molecule has 2 amide bonds. The molecule has 6 nitrogen and oxygen atoms in total. The van der Waals surface area contributed by atoms with Gasteiger partial charge in [0.25, 0.3) is 0 Å². The topological polar surface area (TPSA) is 94.3 Å². The second kappa shape index (κ2) is 8.51. The number of nitrogens with one attached hydrogen (secondary N) is 1. The zero-order valence-corrected chi connectivity index (χ0v) is 15.1. The molecule has 7 heteroatoms. The van der Waals surface area contributed by atoms with E-state index in [2.05, 4.69) is 10.3 Å². The monoisotopic (exact) mass is 383 g/mol. The number of para-hydroxylation sites is 1. The van der Waals surface area contributed by atoms with Crippen LogP contribution in [0.4, 0.5) is 4.79 Å². The third-order valence-electron chi connectivity index (χ3n) is 4.03. The van der Waals surface area contributed by atoms with Gasteiger partial charge in [0.15, 0.2) is 0 Å². The molecule has 0 aliphatic carbocycles. The van der Waals surface area contributed by atoms with Crippen LogP contribution in [-0.4, -0.2) is 17.0 Å². The molecule has 0 saturated carbocycles. The number of halogens is 1. The SMILES string of the molecule is NC(=O)N[C@H](CC(=O)OCc1cc2ccccc2nc1Cl)c1ccccc1. The average Bonchev–Trinajstić information content (AvgIpc) is 2.66. The molecule has 0 bridgehead atoms. The van der Waals surface area contributed by atoms with Gasteiger partial charge in [0.2, 0.25) is 0 Å². The summed E-state index contributed by atoms with van der Waals surface area (Å²) in [5.74, 6) is -0.484. The lowest BCUT2D eigenvalue weighted by Crippen LogP contribution is -2.34. The molecule has 3 rings (SSSR count). The predicted octanol–water partition coefficient (Wildman–Crippen LogP) is 3.73. The normalized spacial score (nSPS) is 11.7. The van der Waals surface area contributed by atoms with Gasteiger partial charge in [0.05, 0.1) is 18.0 Å². The summed E-state index contributed by atoms with van der Waals surface area (Å²) in [7, 11) is 0. The van der Waals surface area contributed by atoms with Crippen LogP contribution in [-0.2, 0) is 16.1 Å². The smallest absolute Gasteiger partial charge is 0.312 e. The second-order valence-electron chi connectivity index (χ2n) is 5.97. The predicted molar refractivity (Wildman–Crippen MR) is 103 cm³/mol. The molecular weight excluding hydrogens is 366 g/mol. The maximum Gasteiger partial charge on any atom is 0.312 e. The molecule has 1 aromatic heterocycles. The fourth-order valence-electron chi connectivity index (χ4n) is 2.73. The molecule has 1 atom stereocenters. The molecule has 0 aliphatic rings. The standard InChI is InChI=1S/C20H18ClN3O3/c21-19-15(10-14-8-4-5-9-16(14)23-19)12-27-18(25)11-17(24-20(22)26)13-6-2-1-3-7-13/h1-10,17H,11-12H2,(H3,22,24,26)/t17-/m1/s1. The Kier molecular flexibility index (Phi) is 5.88. The van der Waals surface area contributed by atoms with Gasteiger partial charge >= 0.3 is 12.0 Å². The number of carbonyl (C=O) groups excluding carboxylic acids is 2. The van der Waals surface area contributed by atoms with E-state index in [1.807, 2.05) is 48.5 Å². The van der Waals surface area contributed by atoms with E-state index in [1.54, 1.807) is 12.1 Å². The van der Waals surface area contributed by atoms with Crippen LogP contribution in [0.15, 0.2) is 60.7 Å². The van der Waals surface area contributed by atoms with Gasteiger partial charge in [0, 0.05) is 10.9 Å². The number of amides is 2. The van der Waals surface area contributed by atoms with Crippen molar-refractivity contribution in [3.63, 3.8) is 0 Å². The van der Waals surface area contributed by atoms with Crippen molar-refractivity contribution in [1.82, 2.24) is 10.3 Å². The van der Waals surface area contributed by atoms with E-state index in [0.29, 0.717) is 5.56 Å². The van der Waals surface area contributed by atoms with Gasteiger partial charge in [-0.2, -0.15) is 0 Å². The fourth-order valence-corrected chi connectivity index (χ4v) is 2.93. The molecular formula is C20H18ClN3O3. The second-order valence-corrected chi connectivity index (χ2v) is 6.33. The number of nitrogens with zero attached hydrogens (tertiary/aromatic N) is 1. The number of hydrogen-bond acceptors (Lipinski definition) is 4. The van der Waals surface area contributed by atoms with E-state index in [4.69, 9.17) is 22.1 Å². The van der Waals surface area contributed by atoms with Crippen molar-refractivity contribution in [1.29, 1.82) is 0 Å². The molecule has 2 aromatic carbocycles. The van der Waals surface area contributed by atoms with Crippen LogP contribution >= 0.6 is 11.6 Å². The third-order valence-corrected chi connectivity index (χ3v) is 4.36. The van der Waals surface area contributed by atoms with Crippen molar-refractivity contribution < 1.29 is 14.3 Å². The van der Waals surface area contributed by atoms with E-state index in [0.717, 1.165) is 16.5 Å². The van der Waals surface area contributed by atoms with Gasteiger partial charge in [-0.1, -0.05) is 60.1 Å².